The molecule has 0 aliphatic carbocycles. The number of rotatable bonds is 8. The van der Waals surface area contributed by atoms with Crippen molar-refractivity contribution in [3.05, 3.63) is 53.6 Å². The molecule has 36 heavy (non-hydrogen) atoms. The summed E-state index contributed by atoms with van der Waals surface area (Å²) < 4.78 is 53.5. The third-order valence-electron chi connectivity index (χ3n) is 5.13. The van der Waals surface area contributed by atoms with Gasteiger partial charge in [-0.25, -0.2) is 0 Å². The number of ether oxygens (including phenoxy) is 3. The largest absolute Gasteiger partial charge is 0.497 e. The van der Waals surface area contributed by atoms with Crippen molar-refractivity contribution < 1.29 is 46.6 Å². The van der Waals surface area contributed by atoms with Crippen LogP contribution in [0.5, 0.6) is 11.5 Å². The molecule has 3 rings (SSSR count). The van der Waals surface area contributed by atoms with Gasteiger partial charge in [-0.15, -0.1) is 0 Å². The number of anilines is 1. The Balaban J connectivity index is 1.52. The maximum absolute atomic E-state index is 12.8. The Bertz CT molecular complexity index is 1150. The molecule has 1 aliphatic rings. The molecule has 0 spiro atoms. The van der Waals surface area contributed by atoms with Crippen molar-refractivity contribution in [1.82, 2.24) is 10.4 Å². The van der Waals surface area contributed by atoms with Gasteiger partial charge in [-0.05, 0) is 30.3 Å². The predicted molar refractivity (Wildman–Crippen MR) is 118 cm³/mol. The standard InChI is InChI=1S/C23H22F3N3O7/c1-34-17-6-13(7-18(10-17)35-2)21(32)28-29-11-14(8-20(29)31)22(33)36-12-19(30)27-16-5-3-4-15(9-16)23(24,25)26/h3-7,9-10,14H,8,11-12H2,1-2H3,(H,27,30)(H,28,32)/t14-/m1/s1. The highest BCUT2D eigenvalue weighted by Gasteiger charge is 2.37. The Morgan fingerprint density at radius 2 is 1.72 bits per heavy atom. The van der Waals surface area contributed by atoms with Crippen molar-refractivity contribution >= 4 is 29.4 Å². The minimum Gasteiger partial charge on any atom is -0.497 e. The molecule has 1 atom stereocenters. The van der Waals surface area contributed by atoms with Gasteiger partial charge in [-0.2, -0.15) is 13.2 Å². The van der Waals surface area contributed by atoms with Crippen LogP contribution >= 0.6 is 0 Å². The summed E-state index contributed by atoms with van der Waals surface area (Å²) in [5, 5.41) is 3.17. The van der Waals surface area contributed by atoms with Gasteiger partial charge in [0.05, 0.1) is 32.2 Å². The third kappa shape index (κ3) is 6.64. The lowest BCUT2D eigenvalue weighted by Gasteiger charge is -2.18. The average molecular weight is 509 g/mol. The van der Waals surface area contributed by atoms with Crippen molar-refractivity contribution in [3.63, 3.8) is 0 Å². The predicted octanol–water partition coefficient (Wildman–Crippen LogP) is 2.40. The molecule has 3 amide bonds. The molecule has 10 nitrogen and oxygen atoms in total. The molecular formula is C23H22F3N3O7. The molecule has 192 valence electrons. The smallest absolute Gasteiger partial charge is 0.416 e. The van der Waals surface area contributed by atoms with Gasteiger partial charge in [0.15, 0.2) is 6.61 Å². The minimum absolute atomic E-state index is 0.120. The van der Waals surface area contributed by atoms with E-state index in [1.54, 1.807) is 6.07 Å². The average Bonchev–Trinajstić information content (AvgIpc) is 3.21. The lowest BCUT2D eigenvalue weighted by atomic mass is 10.1. The van der Waals surface area contributed by atoms with Crippen LogP contribution in [-0.4, -0.2) is 56.1 Å². The number of methoxy groups -OCH3 is 2. The monoisotopic (exact) mass is 509 g/mol. The Hall–Kier alpha value is -4.29. The molecule has 0 unspecified atom stereocenters. The molecule has 1 heterocycles. The Kier molecular flexibility index (Phi) is 8.02. The SMILES string of the molecule is COc1cc(OC)cc(C(=O)NN2C[C@H](C(=O)OCC(=O)Nc3cccc(C(F)(F)F)c3)CC2=O)c1. The van der Waals surface area contributed by atoms with Crippen LogP contribution in [0.25, 0.3) is 0 Å². The maximum Gasteiger partial charge on any atom is 0.416 e. The van der Waals surface area contributed by atoms with Gasteiger partial charge in [0, 0.05) is 23.7 Å². The van der Waals surface area contributed by atoms with E-state index in [-0.39, 0.29) is 24.2 Å². The molecule has 0 saturated carbocycles. The second kappa shape index (κ2) is 11.0. The van der Waals surface area contributed by atoms with E-state index in [0.717, 1.165) is 23.2 Å². The summed E-state index contributed by atoms with van der Waals surface area (Å²) in [6.07, 6.45) is -4.85. The highest BCUT2D eigenvalue weighted by molar-refractivity contribution is 5.97. The van der Waals surface area contributed by atoms with Crippen LogP contribution in [-0.2, 0) is 25.3 Å². The number of hydrogen-bond acceptors (Lipinski definition) is 7. The Morgan fingerprint density at radius 1 is 1.06 bits per heavy atom. The summed E-state index contributed by atoms with van der Waals surface area (Å²) in [6.45, 7) is -0.963. The van der Waals surface area contributed by atoms with E-state index < -0.39 is 48.0 Å². The van der Waals surface area contributed by atoms with Crippen molar-refractivity contribution in [2.45, 2.75) is 12.6 Å². The molecule has 2 N–H and O–H groups in total. The molecule has 1 aliphatic heterocycles. The van der Waals surface area contributed by atoms with Gasteiger partial charge in [0.2, 0.25) is 5.91 Å². The van der Waals surface area contributed by atoms with Crippen LogP contribution in [0.2, 0.25) is 0 Å². The van der Waals surface area contributed by atoms with Crippen molar-refractivity contribution in [2.24, 2.45) is 5.92 Å². The zero-order valence-electron chi connectivity index (χ0n) is 19.2. The van der Waals surface area contributed by atoms with E-state index in [9.17, 15) is 32.3 Å². The summed E-state index contributed by atoms with van der Waals surface area (Å²) in [5.74, 6) is -3.16. The zero-order valence-corrected chi connectivity index (χ0v) is 19.2. The van der Waals surface area contributed by atoms with Crippen molar-refractivity contribution in [1.29, 1.82) is 0 Å². The van der Waals surface area contributed by atoms with Crippen molar-refractivity contribution in [2.75, 3.05) is 32.7 Å². The first-order chi connectivity index (χ1) is 17.0. The fourth-order valence-electron chi connectivity index (χ4n) is 3.32. The van der Waals surface area contributed by atoms with Crippen LogP contribution in [0.3, 0.4) is 0 Å². The van der Waals surface area contributed by atoms with Gasteiger partial charge in [-0.3, -0.25) is 29.6 Å². The maximum atomic E-state index is 12.8. The number of hydrogen-bond donors (Lipinski definition) is 2. The summed E-state index contributed by atoms with van der Waals surface area (Å²) in [4.78, 5) is 49.2. The first-order valence-electron chi connectivity index (χ1n) is 10.5. The van der Waals surface area contributed by atoms with E-state index >= 15 is 0 Å². The van der Waals surface area contributed by atoms with Gasteiger partial charge in [-0.1, -0.05) is 6.07 Å². The van der Waals surface area contributed by atoms with E-state index in [2.05, 4.69) is 10.7 Å². The van der Waals surface area contributed by atoms with Crippen LogP contribution in [0.1, 0.15) is 22.3 Å². The molecule has 2 aromatic carbocycles. The highest BCUT2D eigenvalue weighted by atomic mass is 19.4. The Morgan fingerprint density at radius 3 is 2.33 bits per heavy atom. The normalized spacial score (nSPS) is 15.3. The number of halogens is 3. The molecule has 0 aromatic heterocycles. The lowest BCUT2D eigenvalue weighted by Crippen LogP contribution is -2.43. The molecular weight excluding hydrogens is 487 g/mol. The second-order valence-electron chi connectivity index (χ2n) is 7.68. The van der Waals surface area contributed by atoms with Gasteiger partial charge in [0.25, 0.3) is 11.8 Å². The van der Waals surface area contributed by atoms with E-state index in [1.165, 1.54) is 32.4 Å². The summed E-state index contributed by atoms with van der Waals surface area (Å²) in [7, 11) is 2.83. The van der Waals surface area contributed by atoms with Gasteiger partial charge in [0.1, 0.15) is 11.5 Å². The number of nitrogens with one attached hydrogen (secondary N) is 2. The summed E-state index contributed by atoms with van der Waals surface area (Å²) >= 11 is 0. The summed E-state index contributed by atoms with van der Waals surface area (Å²) in [6, 6.07) is 8.41. The number of benzene rings is 2. The zero-order chi connectivity index (χ0) is 26.5. The van der Waals surface area contributed by atoms with Crippen LogP contribution in [0.4, 0.5) is 18.9 Å². The number of alkyl halides is 3. The van der Waals surface area contributed by atoms with Crippen molar-refractivity contribution in [3.8, 4) is 11.5 Å². The van der Waals surface area contributed by atoms with Gasteiger partial charge < -0.3 is 19.5 Å². The molecule has 2 aromatic rings. The highest BCUT2D eigenvalue weighted by Crippen LogP contribution is 2.30. The molecule has 13 heteroatoms. The number of nitrogens with zero attached hydrogens (tertiary/aromatic N) is 1. The van der Waals surface area contributed by atoms with E-state index in [4.69, 9.17) is 14.2 Å². The number of esters is 1. The fourth-order valence-corrected chi connectivity index (χ4v) is 3.32. The first kappa shape index (κ1) is 26.3. The van der Waals surface area contributed by atoms with E-state index in [1.807, 2.05) is 0 Å². The summed E-state index contributed by atoms with van der Waals surface area (Å²) in [5.41, 5.74) is 1.48. The number of carbonyl (C=O) groups is 4. The van der Waals surface area contributed by atoms with Crippen LogP contribution in [0, 0.1) is 5.92 Å². The van der Waals surface area contributed by atoms with E-state index in [0.29, 0.717) is 11.5 Å². The molecule has 0 bridgehead atoms. The first-order valence-corrected chi connectivity index (χ1v) is 10.5. The Labute approximate surface area is 203 Å². The number of hydrazine groups is 1. The lowest BCUT2D eigenvalue weighted by molar-refractivity contribution is -0.151. The fraction of sp³-hybridized carbons (Fsp3) is 0.304. The third-order valence-corrected chi connectivity index (χ3v) is 5.13. The number of amides is 3. The molecule has 0 radical (unpaired) electrons. The second-order valence-corrected chi connectivity index (χ2v) is 7.68. The van der Waals surface area contributed by atoms with Crippen LogP contribution < -0.4 is 20.2 Å². The number of carbonyl (C=O) groups excluding carboxylic acids is 4. The van der Waals surface area contributed by atoms with Crippen LogP contribution in [0.15, 0.2) is 42.5 Å². The molecule has 1 fully saturated rings. The quantitative estimate of drug-likeness (QED) is 0.524. The topological polar surface area (TPSA) is 123 Å². The van der Waals surface area contributed by atoms with Gasteiger partial charge >= 0.3 is 12.1 Å². The minimum atomic E-state index is -4.58. The molecule has 1 saturated heterocycles.